The van der Waals surface area contributed by atoms with Crippen LogP contribution in [0, 0.1) is 6.92 Å². The molecule has 5 rings (SSSR count). The molecule has 2 N–H and O–H groups in total. The van der Waals surface area contributed by atoms with E-state index in [9.17, 15) is 15.0 Å². The lowest BCUT2D eigenvalue weighted by Gasteiger charge is -2.34. The number of amides is 1. The molecule has 1 aliphatic heterocycles. The molecule has 3 aromatic carbocycles. The maximum Gasteiger partial charge on any atom is 0.434 e. The second-order valence-corrected chi connectivity index (χ2v) is 9.07. The van der Waals surface area contributed by atoms with Crippen LogP contribution >= 0.6 is 0 Å². The van der Waals surface area contributed by atoms with Gasteiger partial charge in [-0.3, -0.25) is 4.90 Å². The van der Waals surface area contributed by atoms with Crippen molar-refractivity contribution < 1.29 is 24.6 Å². The van der Waals surface area contributed by atoms with Crippen LogP contribution in [0.5, 0.6) is 23.3 Å². The van der Waals surface area contributed by atoms with Gasteiger partial charge in [-0.2, -0.15) is 0 Å². The molecule has 8 heteroatoms. The predicted molar refractivity (Wildman–Crippen MR) is 140 cm³/mol. The van der Waals surface area contributed by atoms with Crippen molar-refractivity contribution in [3.05, 3.63) is 96.1 Å². The van der Waals surface area contributed by atoms with Gasteiger partial charge in [-0.25, -0.2) is 4.79 Å². The first kappa shape index (κ1) is 24.3. The molecule has 8 nitrogen and oxygen atoms in total. The fourth-order valence-corrected chi connectivity index (χ4v) is 4.36. The van der Waals surface area contributed by atoms with Crippen molar-refractivity contribution in [2.75, 3.05) is 26.2 Å². The average molecular weight is 500 g/mol. The van der Waals surface area contributed by atoms with Gasteiger partial charge in [0.1, 0.15) is 11.5 Å². The molecule has 1 saturated heterocycles. The minimum absolute atomic E-state index is 0.343. The van der Waals surface area contributed by atoms with Gasteiger partial charge in [-0.1, -0.05) is 60.2 Å². The summed E-state index contributed by atoms with van der Waals surface area (Å²) in [7, 11) is 0. The Labute approximate surface area is 215 Å². The van der Waals surface area contributed by atoms with Gasteiger partial charge in [0.25, 0.3) is 0 Å². The van der Waals surface area contributed by atoms with Crippen LogP contribution in [0.3, 0.4) is 0 Å². The van der Waals surface area contributed by atoms with Crippen LogP contribution in [0.2, 0.25) is 0 Å². The zero-order valence-corrected chi connectivity index (χ0v) is 20.6. The Bertz CT molecular complexity index is 1360. The molecule has 0 bridgehead atoms. The van der Waals surface area contributed by atoms with E-state index in [0.717, 1.165) is 28.2 Å². The largest absolute Gasteiger partial charge is 0.492 e. The summed E-state index contributed by atoms with van der Waals surface area (Å²) in [4.78, 5) is 21.4. The van der Waals surface area contributed by atoms with Gasteiger partial charge in [0.05, 0.1) is 0 Å². The molecule has 0 atom stereocenters. The summed E-state index contributed by atoms with van der Waals surface area (Å²) in [5, 5.41) is 19.4. The van der Waals surface area contributed by atoms with E-state index in [-0.39, 0.29) is 11.8 Å². The summed E-state index contributed by atoms with van der Waals surface area (Å²) in [6, 6.07) is 26.9. The van der Waals surface area contributed by atoms with E-state index in [1.165, 1.54) is 17.7 Å². The van der Waals surface area contributed by atoms with Crippen molar-refractivity contribution in [2.24, 2.45) is 0 Å². The van der Waals surface area contributed by atoms with Crippen LogP contribution in [0.25, 0.3) is 11.1 Å². The van der Waals surface area contributed by atoms with E-state index in [0.29, 0.717) is 37.5 Å². The Hall–Kier alpha value is -4.43. The summed E-state index contributed by atoms with van der Waals surface area (Å²) in [6.45, 7) is 4.94. The smallest absolute Gasteiger partial charge is 0.434 e. The number of hydrogen-bond donors (Lipinski definition) is 2. The number of carbonyl (C=O) groups is 1. The molecule has 1 fully saturated rings. The number of nitrogens with zero attached hydrogens (tertiary/aromatic N) is 3. The fourth-order valence-electron chi connectivity index (χ4n) is 4.36. The summed E-state index contributed by atoms with van der Waals surface area (Å²) in [5.41, 5.74) is 4.47. The molecule has 0 spiro atoms. The first-order valence-electron chi connectivity index (χ1n) is 12.2. The summed E-state index contributed by atoms with van der Waals surface area (Å²) in [5.74, 6) is 0.883. The van der Waals surface area contributed by atoms with Crippen LogP contribution in [-0.2, 0) is 6.54 Å². The number of rotatable bonds is 6. The van der Waals surface area contributed by atoms with Crippen LogP contribution in [0.15, 0.2) is 84.9 Å². The van der Waals surface area contributed by atoms with Gasteiger partial charge < -0.3 is 24.7 Å². The Kier molecular flexibility index (Phi) is 7.00. The molecular weight excluding hydrogens is 470 g/mol. The first-order valence-corrected chi connectivity index (χ1v) is 12.2. The van der Waals surface area contributed by atoms with Crippen molar-refractivity contribution in [1.29, 1.82) is 0 Å². The SMILES string of the molecule is Cc1cccc(-c2ccc(CN3CCN(C(=O)On4c(O)ccc4O)CC3)c(Oc3ccccc3)c2)c1. The fraction of sp³-hybridized carbons (Fsp3) is 0.207. The van der Waals surface area contributed by atoms with Gasteiger partial charge in [0.2, 0.25) is 11.8 Å². The lowest BCUT2D eigenvalue weighted by Crippen LogP contribution is -2.50. The maximum atomic E-state index is 12.5. The van der Waals surface area contributed by atoms with Gasteiger partial charge in [-0.05, 0) is 36.2 Å². The van der Waals surface area contributed by atoms with E-state index < -0.39 is 6.09 Å². The lowest BCUT2D eigenvalue weighted by atomic mass is 10.0. The highest BCUT2D eigenvalue weighted by molar-refractivity contribution is 5.68. The lowest BCUT2D eigenvalue weighted by molar-refractivity contribution is 0.0554. The molecule has 0 saturated carbocycles. The van der Waals surface area contributed by atoms with Gasteiger partial charge in [0, 0.05) is 50.4 Å². The molecule has 1 amide bonds. The third kappa shape index (κ3) is 5.70. The molecule has 1 aromatic heterocycles. The van der Waals surface area contributed by atoms with Crippen molar-refractivity contribution in [1.82, 2.24) is 14.5 Å². The van der Waals surface area contributed by atoms with Gasteiger partial charge >= 0.3 is 6.09 Å². The Morgan fingerprint density at radius 1 is 0.811 bits per heavy atom. The van der Waals surface area contributed by atoms with Crippen molar-refractivity contribution in [2.45, 2.75) is 13.5 Å². The number of ether oxygens (including phenoxy) is 1. The van der Waals surface area contributed by atoms with Gasteiger partial charge in [0.15, 0.2) is 0 Å². The average Bonchev–Trinajstić information content (AvgIpc) is 3.23. The van der Waals surface area contributed by atoms with E-state index in [4.69, 9.17) is 9.57 Å². The molecular formula is C29H29N3O5. The second kappa shape index (κ2) is 10.7. The molecule has 1 aliphatic rings. The van der Waals surface area contributed by atoms with Crippen LogP contribution in [0.1, 0.15) is 11.1 Å². The number of benzene rings is 3. The molecule has 0 unspecified atom stereocenters. The van der Waals surface area contributed by atoms with Crippen molar-refractivity contribution >= 4 is 6.09 Å². The Morgan fingerprint density at radius 3 is 2.22 bits per heavy atom. The molecule has 190 valence electrons. The number of carbonyl (C=O) groups excluding carboxylic acids is 1. The zero-order chi connectivity index (χ0) is 25.8. The third-order valence-electron chi connectivity index (χ3n) is 6.38. The number of aromatic hydroxyl groups is 2. The summed E-state index contributed by atoms with van der Waals surface area (Å²) in [6.07, 6.45) is -0.628. The van der Waals surface area contributed by atoms with Crippen LogP contribution in [-0.4, -0.2) is 57.0 Å². The topological polar surface area (TPSA) is 87.4 Å². The highest BCUT2D eigenvalue weighted by Crippen LogP contribution is 2.32. The highest BCUT2D eigenvalue weighted by Gasteiger charge is 2.25. The van der Waals surface area contributed by atoms with E-state index in [2.05, 4.69) is 54.3 Å². The zero-order valence-electron chi connectivity index (χ0n) is 20.6. The monoisotopic (exact) mass is 499 g/mol. The number of aryl methyl sites for hydroxylation is 1. The number of aromatic nitrogens is 1. The molecule has 2 heterocycles. The molecule has 4 aromatic rings. The predicted octanol–water partition coefficient (Wildman–Crippen LogP) is 5.03. The third-order valence-corrected chi connectivity index (χ3v) is 6.38. The number of hydrogen-bond acceptors (Lipinski definition) is 6. The van der Waals surface area contributed by atoms with Crippen LogP contribution < -0.4 is 9.57 Å². The standard InChI is InChI=1S/C29H29N3O5/c1-21-6-5-7-22(18-21)23-10-11-24(26(19-23)36-25-8-3-2-4-9-25)20-30-14-16-31(17-15-30)29(35)37-32-27(33)12-13-28(32)34/h2-13,18-19,33-34H,14-17,20H2,1H3. The van der Waals surface area contributed by atoms with E-state index in [1.54, 1.807) is 4.90 Å². The second-order valence-electron chi connectivity index (χ2n) is 9.07. The molecule has 37 heavy (non-hydrogen) atoms. The number of piperazine rings is 1. The van der Waals surface area contributed by atoms with Crippen molar-refractivity contribution in [3.63, 3.8) is 0 Å². The molecule has 0 radical (unpaired) electrons. The first-order chi connectivity index (χ1) is 18.0. The summed E-state index contributed by atoms with van der Waals surface area (Å²) < 4.78 is 7.03. The quantitative estimate of drug-likeness (QED) is 0.387. The Balaban J connectivity index is 1.29. The van der Waals surface area contributed by atoms with Crippen molar-refractivity contribution in [3.8, 4) is 34.4 Å². The number of para-hydroxylation sites is 1. The van der Waals surface area contributed by atoms with Crippen LogP contribution in [0.4, 0.5) is 4.79 Å². The van der Waals surface area contributed by atoms with Gasteiger partial charge in [-0.15, -0.1) is 4.73 Å². The van der Waals surface area contributed by atoms with E-state index in [1.807, 2.05) is 30.3 Å². The van der Waals surface area contributed by atoms with E-state index >= 15 is 0 Å². The Morgan fingerprint density at radius 2 is 1.51 bits per heavy atom. The minimum Gasteiger partial charge on any atom is -0.492 e. The normalized spacial score (nSPS) is 13.9. The highest BCUT2D eigenvalue weighted by atomic mass is 16.7. The summed E-state index contributed by atoms with van der Waals surface area (Å²) >= 11 is 0. The maximum absolute atomic E-state index is 12.5. The minimum atomic E-state index is -0.628. The molecule has 0 aliphatic carbocycles.